The molecule has 1 heterocycles. The molecule has 2 N–H and O–H groups in total. The Morgan fingerprint density at radius 3 is 2.88 bits per heavy atom. The molecule has 1 fully saturated rings. The van der Waals surface area contributed by atoms with Gasteiger partial charge >= 0.3 is 0 Å². The molecule has 2 atom stereocenters. The van der Waals surface area contributed by atoms with Crippen molar-refractivity contribution in [1.82, 2.24) is 0 Å². The van der Waals surface area contributed by atoms with Crippen molar-refractivity contribution in [2.24, 2.45) is 5.73 Å². The van der Waals surface area contributed by atoms with E-state index in [0.717, 1.165) is 6.54 Å². The molecule has 0 aliphatic carbocycles. The molecule has 3 heteroatoms. The lowest BCUT2D eigenvalue weighted by atomic mass is 10.0. The Morgan fingerprint density at radius 1 is 1.44 bits per heavy atom. The molecule has 0 amide bonds. The van der Waals surface area contributed by atoms with Crippen molar-refractivity contribution in [2.75, 3.05) is 23.0 Å². The van der Waals surface area contributed by atoms with Crippen LogP contribution in [0, 0.1) is 0 Å². The van der Waals surface area contributed by atoms with Crippen molar-refractivity contribution >= 4 is 17.4 Å². The predicted molar refractivity (Wildman–Crippen MR) is 73.2 cm³/mol. The van der Waals surface area contributed by atoms with Crippen LogP contribution in [0.2, 0.25) is 0 Å². The molecule has 1 aromatic carbocycles. The van der Waals surface area contributed by atoms with Gasteiger partial charge in [0.05, 0.1) is 0 Å². The summed E-state index contributed by atoms with van der Waals surface area (Å²) in [5.74, 6) is 2.44. The second-order valence-electron chi connectivity index (χ2n) is 4.46. The molecule has 16 heavy (non-hydrogen) atoms. The predicted octanol–water partition coefficient (Wildman–Crippen LogP) is 2.65. The van der Waals surface area contributed by atoms with Crippen molar-refractivity contribution in [3.8, 4) is 0 Å². The number of hydrogen-bond donors (Lipinski definition) is 1. The SMILES string of the molecule is CC1CSCCN1c1ccccc1[C@H](C)N. The van der Waals surface area contributed by atoms with Crippen LogP contribution in [0.3, 0.4) is 0 Å². The fourth-order valence-corrected chi connectivity index (χ4v) is 3.23. The Bertz CT molecular complexity index is 352. The van der Waals surface area contributed by atoms with E-state index in [1.54, 1.807) is 0 Å². The smallest absolute Gasteiger partial charge is 0.0417 e. The second kappa shape index (κ2) is 5.11. The minimum atomic E-state index is 0.109. The summed E-state index contributed by atoms with van der Waals surface area (Å²) in [4.78, 5) is 2.50. The van der Waals surface area contributed by atoms with Gasteiger partial charge in [-0.05, 0) is 25.5 Å². The quantitative estimate of drug-likeness (QED) is 0.856. The first kappa shape index (κ1) is 11.8. The summed E-state index contributed by atoms with van der Waals surface area (Å²) < 4.78 is 0. The Labute approximate surface area is 102 Å². The lowest BCUT2D eigenvalue weighted by Gasteiger charge is -2.36. The molecule has 1 aromatic rings. The van der Waals surface area contributed by atoms with Crippen LogP contribution in [-0.4, -0.2) is 24.1 Å². The molecular formula is C13H20N2S. The van der Waals surface area contributed by atoms with Crippen molar-refractivity contribution in [2.45, 2.75) is 25.9 Å². The van der Waals surface area contributed by atoms with Crippen LogP contribution in [0.1, 0.15) is 25.5 Å². The fourth-order valence-electron chi connectivity index (χ4n) is 2.22. The average Bonchev–Trinajstić information content (AvgIpc) is 2.29. The third-order valence-electron chi connectivity index (χ3n) is 3.10. The van der Waals surface area contributed by atoms with Gasteiger partial charge in [-0.2, -0.15) is 11.8 Å². The van der Waals surface area contributed by atoms with E-state index in [2.05, 4.69) is 43.0 Å². The summed E-state index contributed by atoms with van der Waals surface area (Å²) in [6, 6.07) is 9.25. The van der Waals surface area contributed by atoms with Crippen LogP contribution in [0.5, 0.6) is 0 Å². The third kappa shape index (κ3) is 2.36. The van der Waals surface area contributed by atoms with E-state index >= 15 is 0 Å². The molecule has 1 saturated heterocycles. The molecule has 1 unspecified atom stereocenters. The summed E-state index contributed by atoms with van der Waals surface area (Å²) in [5, 5.41) is 0. The molecule has 0 aromatic heterocycles. The number of benzene rings is 1. The maximum atomic E-state index is 6.03. The topological polar surface area (TPSA) is 29.3 Å². The summed E-state index contributed by atoms with van der Waals surface area (Å²) in [6.45, 7) is 5.49. The molecule has 0 spiro atoms. The van der Waals surface area contributed by atoms with E-state index in [0.29, 0.717) is 6.04 Å². The molecular weight excluding hydrogens is 216 g/mol. The number of para-hydroxylation sites is 1. The summed E-state index contributed by atoms with van der Waals surface area (Å²) in [5.41, 5.74) is 8.62. The highest BCUT2D eigenvalue weighted by Crippen LogP contribution is 2.29. The first-order chi connectivity index (χ1) is 7.70. The van der Waals surface area contributed by atoms with Gasteiger partial charge in [-0.1, -0.05) is 18.2 Å². The maximum Gasteiger partial charge on any atom is 0.0417 e. The van der Waals surface area contributed by atoms with Gasteiger partial charge in [0.2, 0.25) is 0 Å². The van der Waals surface area contributed by atoms with Gasteiger partial charge in [0.25, 0.3) is 0 Å². The van der Waals surface area contributed by atoms with Gasteiger partial charge in [0.15, 0.2) is 0 Å². The van der Waals surface area contributed by atoms with E-state index < -0.39 is 0 Å². The summed E-state index contributed by atoms with van der Waals surface area (Å²) in [7, 11) is 0. The Kier molecular flexibility index (Phi) is 3.77. The zero-order valence-electron chi connectivity index (χ0n) is 10.0. The highest BCUT2D eigenvalue weighted by Gasteiger charge is 2.21. The zero-order chi connectivity index (χ0) is 11.5. The van der Waals surface area contributed by atoms with Crippen LogP contribution in [0.4, 0.5) is 5.69 Å². The molecule has 2 rings (SSSR count). The van der Waals surface area contributed by atoms with Crippen molar-refractivity contribution in [3.63, 3.8) is 0 Å². The highest BCUT2D eigenvalue weighted by molar-refractivity contribution is 7.99. The van der Waals surface area contributed by atoms with E-state index in [1.807, 2.05) is 11.8 Å². The Hall–Kier alpha value is -0.670. The third-order valence-corrected chi connectivity index (χ3v) is 4.29. The van der Waals surface area contributed by atoms with Gasteiger partial charge in [0.1, 0.15) is 0 Å². The summed E-state index contributed by atoms with van der Waals surface area (Å²) in [6.07, 6.45) is 0. The first-order valence-corrected chi connectivity index (χ1v) is 7.04. The zero-order valence-corrected chi connectivity index (χ0v) is 10.8. The second-order valence-corrected chi connectivity index (χ2v) is 5.61. The molecule has 2 nitrogen and oxygen atoms in total. The average molecular weight is 236 g/mol. The van der Waals surface area contributed by atoms with E-state index in [9.17, 15) is 0 Å². The maximum absolute atomic E-state index is 6.03. The highest BCUT2D eigenvalue weighted by atomic mass is 32.2. The Morgan fingerprint density at radius 2 is 2.19 bits per heavy atom. The van der Waals surface area contributed by atoms with Crippen molar-refractivity contribution in [3.05, 3.63) is 29.8 Å². The van der Waals surface area contributed by atoms with E-state index in [1.165, 1.54) is 22.8 Å². The molecule has 0 saturated carbocycles. The van der Waals surface area contributed by atoms with Gasteiger partial charge in [-0.3, -0.25) is 0 Å². The van der Waals surface area contributed by atoms with Crippen LogP contribution in [-0.2, 0) is 0 Å². The lowest BCUT2D eigenvalue weighted by molar-refractivity contribution is 0.688. The summed E-state index contributed by atoms with van der Waals surface area (Å²) >= 11 is 2.04. The number of rotatable bonds is 2. The van der Waals surface area contributed by atoms with E-state index in [4.69, 9.17) is 5.73 Å². The minimum absolute atomic E-state index is 0.109. The number of nitrogens with zero attached hydrogens (tertiary/aromatic N) is 1. The normalized spacial score (nSPS) is 23.2. The van der Waals surface area contributed by atoms with E-state index in [-0.39, 0.29) is 6.04 Å². The van der Waals surface area contributed by atoms with Crippen LogP contribution in [0.15, 0.2) is 24.3 Å². The molecule has 0 radical (unpaired) electrons. The number of anilines is 1. The number of thioether (sulfide) groups is 1. The van der Waals surface area contributed by atoms with Crippen LogP contribution in [0.25, 0.3) is 0 Å². The molecule has 1 aliphatic rings. The van der Waals surface area contributed by atoms with Crippen LogP contribution >= 0.6 is 11.8 Å². The van der Waals surface area contributed by atoms with Gasteiger partial charge in [-0.25, -0.2) is 0 Å². The van der Waals surface area contributed by atoms with Crippen LogP contribution < -0.4 is 10.6 Å². The minimum Gasteiger partial charge on any atom is -0.367 e. The number of hydrogen-bond acceptors (Lipinski definition) is 3. The molecule has 0 bridgehead atoms. The van der Waals surface area contributed by atoms with Gasteiger partial charge < -0.3 is 10.6 Å². The van der Waals surface area contributed by atoms with Crippen molar-refractivity contribution < 1.29 is 0 Å². The molecule has 88 valence electrons. The van der Waals surface area contributed by atoms with Gasteiger partial charge in [0, 0.05) is 35.8 Å². The Balaban J connectivity index is 2.31. The number of nitrogens with two attached hydrogens (primary N) is 1. The molecule has 1 aliphatic heterocycles. The first-order valence-electron chi connectivity index (χ1n) is 5.89. The lowest BCUT2D eigenvalue weighted by Crippen LogP contribution is -2.41. The van der Waals surface area contributed by atoms with Gasteiger partial charge in [-0.15, -0.1) is 0 Å². The largest absolute Gasteiger partial charge is 0.367 e. The standard InChI is InChI=1S/C13H20N2S/c1-10-9-16-8-7-15(10)13-6-4-3-5-12(13)11(2)14/h3-6,10-11H,7-9,14H2,1-2H3/t10?,11-/m0/s1. The monoisotopic (exact) mass is 236 g/mol. The fraction of sp³-hybridized carbons (Fsp3) is 0.538. The van der Waals surface area contributed by atoms with Crippen molar-refractivity contribution in [1.29, 1.82) is 0 Å².